The largest absolute Gasteiger partial charge is 0.355 e. The molecule has 4 aliphatic carbocycles. The molecule has 1 aliphatic heterocycles. The van der Waals surface area contributed by atoms with Crippen LogP contribution in [0.5, 0.6) is 0 Å². The van der Waals surface area contributed by atoms with Crippen LogP contribution in [0, 0.1) is 34.9 Å². The Morgan fingerprint density at radius 3 is 2.33 bits per heavy atom. The Bertz CT molecular complexity index is 963. The summed E-state index contributed by atoms with van der Waals surface area (Å²) in [5, 5.41) is 4.37. The van der Waals surface area contributed by atoms with Crippen LogP contribution in [-0.2, 0) is 11.2 Å². The van der Waals surface area contributed by atoms with Crippen molar-refractivity contribution in [2.45, 2.75) is 57.8 Å². The third-order valence-electron chi connectivity index (χ3n) is 8.69. The molecule has 176 valence electrons. The Kier molecular flexibility index (Phi) is 5.63. The molecule has 7 rings (SSSR count). The highest BCUT2D eigenvalue weighted by molar-refractivity contribution is 7.09. The van der Waals surface area contributed by atoms with E-state index in [9.17, 15) is 9.18 Å². The van der Waals surface area contributed by atoms with E-state index in [2.05, 4.69) is 14.6 Å². The summed E-state index contributed by atoms with van der Waals surface area (Å²) in [4.78, 5) is 20.3. The first kappa shape index (κ1) is 21.5. The van der Waals surface area contributed by atoms with Gasteiger partial charge in [-0.15, -0.1) is 0 Å². The van der Waals surface area contributed by atoms with Crippen molar-refractivity contribution < 1.29 is 9.18 Å². The van der Waals surface area contributed by atoms with Crippen LogP contribution in [0.4, 0.5) is 9.52 Å². The minimum absolute atomic E-state index is 0.0388. The number of carbonyl (C=O) groups is 1. The maximum atomic E-state index is 13.2. The van der Waals surface area contributed by atoms with E-state index in [1.807, 2.05) is 0 Å². The molecule has 0 radical (unpaired) electrons. The first-order valence-electron chi connectivity index (χ1n) is 12.6. The van der Waals surface area contributed by atoms with E-state index in [4.69, 9.17) is 4.98 Å². The van der Waals surface area contributed by atoms with E-state index in [0.717, 1.165) is 86.0 Å². The highest BCUT2D eigenvalue weighted by atomic mass is 32.1. The van der Waals surface area contributed by atoms with Crippen LogP contribution in [0.3, 0.4) is 0 Å². The second kappa shape index (κ2) is 8.64. The van der Waals surface area contributed by atoms with E-state index in [1.165, 1.54) is 42.9 Å². The first-order valence-corrected chi connectivity index (χ1v) is 13.4. The van der Waals surface area contributed by atoms with Crippen LogP contribution < -0.4 is 10.2 Å². The predicted octanol–water partition coefficient (Wildman–Crippen LogP) is 4.82. The van der Waals surface area contributed by atoms with Gasteiger partial charge in [0.25, 0.3) is 0 Å². The molecule has 5 aliphatic rings. The van der Waals surface area contributed by atoms with Crippen molar-refractivity contribution >= 4 is 22.6 Å². The summed E-state index contributed by atoms with van der Waals surface area (Å²) in [6, 6.07) is 6.54. The van der Waals surface area contributed by atoms with Crippen LogP contribution >= 0.6 is 11.5 Å². The average Bonchev–Trinajstić information content (AvgIpc) is 3.27. The number of hydrogen-bond donors (Lipinski definition) is 1. The van der Waals surface area contributed by atoms with Gasteiger partial charge in [0.05, 0.1) is 0 Å². The zero-order valence-corrected chi connectivity index (χ0v) is 20.0. The number of rotatable bonds is 6. The van der Waals surface area contributed by atoms with Crippen LogP contribution in [0.25, 0.3) is 0 Å². The SMILES string of the molecule is O=C(NCC1CCN(c2nc(Cc3ccc(F)cc3)ns2)CC1)C12CC3CC(CC(C3)C1)C2. The van der Waals surface area contributed by atoms with Crippen molar-refractivity contribution in [1.82, 2.24) is 14.7 Å². The van der Waals surface area contributed by atoms with Crippen molar-refractivity contribution in [2.24, 2.45) is 29.1 Å². The lowest BCUT2D eigenvalue weighted by atomic mass is 9.49. The summed E-state index contributed by atoms with van der Waals surface area (Å²) in [6.45, 7) is 2.74. The molecule has 2 aromatic rings. The van der Waals surface area contributed by atoms with E-state index < -0.39 is 0 Å². The first-order chi connectivity index (χ1) is 16.0. The molecule has 1 aromatic heterocycles. The summed E-state index contributed by atoms with van der Waals surface area (Å²) in [6.07, 6.45) is 10.3. The standard InChI is InChI=1S/C26H33FN4OS/c27-22-3-1-17(2-4-22)12-23-29-25(33-30-23)31-7-5-18(6-8-31)16-28-24(32)26-13-19-9-20(14-26)11-21(10-19)15-26/h1-4,18-21H,5-16H2,(H,28,32). The number of aromatic nitrogens is 2. The van der Waals surface area contributed by atoms with Crippen LogP contribution in [0.1, 0.15) is 62.8 Å². The Morgan fingerprint density at radius 1 is 1.06 bits per heavy atom. The summed E-state index contributed by atoms with van der Waals surface area (Å²) >= 11 is 1.45. The lowest BCUT2D eigenvalue weighted by Crippen LogP contribution is -2.54. The van der Waals surface area contributed by atoms with Crippen molar-refractivity contribution in [3.8, 4) is 0 Å². The topological polar surface area (TPSA) is 58.1 Å². The lowest BCUT2D eigenvalue weighted by Gasteiger charge is -2.55. The molecule has 1 saturated heterocycles. The molecule has 1 aromatic carbocycles. The average molecular weight is 469 g/mol. The maximum Gasteiger partial charge on any atom is 0.226 e. The number of carbonyl (C=O) groups excluding carboxylic acids is 1. The van der Waals surface area contributed by atoms with Gasteiger partial charge in [0.15, 0.2) is 0 Å². The minimum Gasteiger partial charge on any atom is -0.355 e. The second-order valence-corrected chi connectivity index (χ2v) is 11.9. The molecule has 0 unspecified atom stereocenters. The summed E-state index contributed by atoms with van der Waals surface area (Å²) in [5.74, 6) is 3.92. The molecule has 5 nitrogen and oxygen atoms in total. The number of amides is 1. The van der Waals surface area contributed by atoms with E-state index in [-0.39, 0.29) is 11.2 Å². The molecule has 7 heteroatoms. The molecule has 33 heavy (non-hydrogen) atoms. The molecule has 5 fully saturated rings. The fourth-order valence-corrected chi connectivity index (χ4v) is 8.11. The van der Waals surface area contributed by atoms with E-state index in [0.29, 0.717) is 18.2 Å². The highest BCUT2D eigenvalue weighted by Gasteiger charge is 2.54. The Morgan fingerprint density at radius 2 is 1.70 bits per heavy atom. The molecular formula is C26H33FN4OS. The van der Waals surface area contributed by atoms with Crippen molar-refractivity contribution in [2.75, 3.05) is 24.5 Å². The summed E-state index contributed by atoms with van der Waals surface area (Å²) < 4.78 is 17.6. The smallest absolute Gasteiger partial charge is 0.226 e. The fraction of sp³-hybridized carbons (Fsp3) is 0.654. The third kappa shape index (κ3) is 4.41. The molecule has 4 saturated carbocycles. The van der Waals surface area contributed by atoms with Gasteiger partial charge in [0.1, 0.15) is 11.6 Å². The number of anilines is 1. The van der Waals surface area contributed by atoms with Gasteiger partial charge in [-0.3, -0.25) is 4.79 Å². The lowest BCUT2D eigenvalue weighted by molar-refractivity contribution is -0.146. The molecule has 2 heterocycles. The minimum atomic E-state index is -0.220. The maximum absolute atomic E-state index is 13.2. The zero-order valence-electron chi connectivity index (χ0n) is 19.1. The van der Waals surface area contributed by atoms with E-state index >= 15 is 0 Å². The summed E-state index contributed by atoms with van der Waals surface area (Å²) in [5.41, 5.74) is 0.984. The molecule has 1 amide bonds. The molecule has 1 N–H and O–H groups in total. The van der Waals surface area contributed by atoms with Gasteiger partial charge < -0.3 is 10.2 Å². The molecule has 0 spiro atoms. The van der Waals surface area contributed by atoms with Gasteiger partial charge in [-0.2, -0.15) is 4.37 Å². The number of halogens is 1. The number of nitrogens with one attached hydrogen (secondary N) is 1. The van der Waals surface area contributed by atoms with Crippen LogP contribution in [0.15, 0.2) is 24.3 Å². The van der Waals surface area contributed by atoms with Gasteiger partial charge in [0.2, 0.25) is 11.0 Å². The fourth-order valence-electron chi connectivity index (χ4n) is 7.37. The van der Waals surface area contributed by atoms with Crippen molar-refractivity contribution in [1.29, 1.82) is 0 Å². The van der Waals surface area contributed by atoms with Crippen molar-refractivity contribution in [3.05, 3.63) is 41.5 Å². The number of hydrogen-bond acceptors (Lipinski definition) is 5. The van der Waals surface area contributed by atoms with Crippen LogP contribution in [0.2, 0.25) is 0 Å². The summed E-state index contributed by atoms with van der Waals surface area (Å²) in [7, 11) is 0. The monoisotopic (exact) mass is 468 g/mol. The quantitative estimate of drug-likeness (QED) is 0.661. The number of nitrogens with zero attached hydrogens (tertiary/aromatic N) is 3. The van der Waals surface area contributed by atoms with E-state index in [1.54, 1.807) is 12.1 Å². The second-order valence-electron chi connectivity index (χ2n) is 11.1. The molecular weight excluding hydrogens is 435 g/mol. The number of benzene rings is 1. The van der Waals surface area contributed by atoms with Crippen molar-refractivity contribution in [3.63, 3.8) is 0 Å². The van der Waals surface area contributed by atoms with Gasteiger partial charge in [-0.1, -0.05) is 12.1 Å². The van der Waals surface area contributed by atoms with Gasteiger partial charge in [-0.05, 0) is 92.7 Å². The molecule has 4 bridgehead atoms. The van der Waals surface area contributed by atoms with Crippen LogP contribution in [-0.4, -0.2) is 34.9 Å². The Labute approximate surface area is 199 Å². The van der Waals surface area contributed by atoms with Gasteiger partial charge >= 0.3 is 0 Å². The number of piperidine rings is 1. The normalized spacial score (nSPS) is 31.2. The Balaban J connectivity index is 0.986. The van der Waals surface area contributed by atoms with Gasteiger partial charge in [0, 0.05) is 43.0 Å². The predicted molar refractivity (Wildman–Crippen MR) is 128 cm³/mol. The zero-order chi connectivity index (χ0) is 22.4. The molecule has 0 atom stereocenters. The third-order valence-corrected chi connectivity index (χ3v) is 9.50. The Hall–Kier alpha value is -2.02. The highest BCUT2D eigenvalue weighted by Crippen LogP contribution is 2.60. The van der Waals surface area contributed by atoms with Gasteiger partial charge in [-0.25, -0.2) is 9.37 Å².